The van der Waals surface area contributed by atoms with Crippen LogP contribution in [0.25, 0.3) is 0 Å². The summed E-state index contributed by atoms with van der Waals surface area (Å²) < 4.78 is 15.0. The van der Waals surface area contributed by atoms with Gasteiger partial charge in [-0.3, -0.25) is 9.59 Å². The number of esters is 1. The molecule has 0 fully saturated rings. The van der Waals surface area contributed by atoms with Crippen molar-refractivity contribution in [2.45, 2.75) is 57.8 Å². The lowest BCUT2D eigenvalue weighted by molar-refractivity contribution is -0.140. The van der Waals surface area contributed by atoms with Gasteiger partial charge in [0.2, 0.25) is 0 Å². The third-order valence-electron chi connectivity index (χ3n) is 4.47. The maximum absolute atomic E-state index is 12.2. The average molecular weight is 379 g/mol. The quantitative estimate of drug-likeness (QED) is 0.389. The molecule has 152 valence electrons. The Morgan fingerprint density at radius 1 is 0.815 bits per heavy atom. The predicted octanol–water partition coefficient (Wildman–Crippen LogP) is 4.12. The number of hydrogen-bond donors (Lipinski definition) is 1. The zero-order valence-corrected chi connectivity index (χ0v) is 16.8. The third-order valence-corrected chi connectivity index (χ3v) is 4.47. The maximum Gasteiger partial charge on any atom is 0.305 e. The van der Waals surface area contributed by atoms with E-state index in [1.54, 1.807) is 32.4 Å². The highest BCUT2D eigenvalue weighted by Crippen LogP contribution is 2.27. The summed E-state index contributed by atoms with van der Waals surface area (Å²) in [4.78, 5) is 23.2. The minimum atomic E-state index is -0.120. The molecule has 0 aliphatic carbocycles. The average Bonchev–Trinajstić information content (AvgIpc) is 2.70. The van der Waals surface area contributed by atoms with E-state index in [1.807, 2.05) is 0 Å². The summed E-state index contributed by atoms with van der Waals surface area (Å²) in [6.07, 6.45) is 9.31. The largest absolute Gasteiger partial charge is 0.493 e. The Morgan fingerprint density at radius 2 is 1.41 bits per heavy atom. The van der Waals surface area contributed by atoms with Gasteiger partial charge in [0.25, 0.3) is 5.91 Å². The van der Waals surface area contributed by atoms with Gasteiger partial charge in [0, 0.05) is 18.5 Å². The van der Waals surface area contributed by atoms with Crippen molar-refractivity contribution in [1.29, 1.82) is 0 Å². The molecular formula is C21H33NO5. The summed E-state index contributed by atoms with van der Waals surface area (Å²) in [5.74, 6) is 0.947. The molecule has 1 rings (SSSR count). The van der Waals surface area contributed by atoms with Crippen LogP contribution in [0.2, 0.25) is 0 Å². The number of rotatable bonds is 14. The van der Waals surface area contributed by atoms with Gasteiger partial charge in [-0.05, 0) is 31.0 Å². The molecule has 0 radical (unpaired) electrons. The zero-order valence-electron chi connectivity index (χ0n) is 16.8. The second kappa shape index (κ2) is 13.9. The van der Waals surface area contributed by atoms with Gasteiger partial charge in [0.05, 0.1) is 21.3 Å². The highest BCUT2D eigenvalue weighted by atomic mass is 16.5. The molecule has 6 nitrogen and oxygen atoms in total. The van der Waals surface area contributed by atoms with Crippen LogP contribution < -0.4 is 14.8 Å². The van der Waals surface area contributed by atoms with Gasteiger partial charge in [-0.2, -0.15) is 0 Å². The molecule has 0 aromatic heterocycles. The van der Waals surface area contributed by atoms with Gasteiger partial charge in [0.15, 0.2) is 11.5 Å². The van der Waals surface area contributed by atoms with Crippen LogP contribution in [0.1, 0.15) is 68.1 Å². The Labute approximate surface area is 162 Å². The number of carbonyl (C=O) groups excluding carboxylic acids is 2. The van der Waals surface area contributed by atoms with Crippen molar-refractivity contribution >= 4 is 11.9 Å². The summed E-state index contributed by atoms with van der Waals surface area (Å²) in [6.45, 7) is 0.673. The van der Waals surface area contributed by atoms with Crippen LogP contribution in [-0.2, 0) is 9.53 Å². The summed E-state index contributed by atoms with van der Waals surface area (Å²) >= 11 is 0. The molecular weight excluding hydrogens is 346 g/mol. The van der Waals surface area contributed by atoms with Gasteiger partial charge < -0.3 is 19.5 Å². The lowest BCUT2D eigenvalue weighted by atomic mass is 10.1. The number of methoxy groups -OCH3 is 3. The van der Waals surface area contributed by atoms with E-state index in [4.69, 9.17) is 9.47 Å². The van der Waals surface area contributed by atoms with Crippen molar-refractivity contribution in [2.24, 2.45) is 0 Å². The Balaban J connectivity index is 2.06. The first-order chi connectivity index (χ1) is 13.1. The van der Waals surface area contributed by atoms with E-state index in [0.717, 1.165) is 32.1 Å². The molecule has 0 aliphatic heterocycles. The summed E-state index contributed by atoms with van der Waals surface area (Å²) in [6, 6.07) is 5.16. The standard InChI is InChI=1S/C21H33NO5/c1-25-18-14-13-17(16-19(18)26-2)21(24)22-15-11-9-7-5-4-6-8-10-12-20(23)27-3/h13-14,16H,4-12,15H2,1-3H3,(H,22,24). The minimum Gasteiger partial charge on any atom is -0.493 e. The number of ether oxygens (including phenoxy) is 3. The van der Waals surface area contributed by atoms with Crippen molar-refractivity contribution in [1.82, 2.24) is 5.32 Å². The summed E-state index contributed by atoms with van der Waals surface area (Å²) in [5, 5.41) is 2.94. The van der Waals surface area contributed by atoms with Crippen LogP contribution in [0, 0.1) is 0 Å². The first-order valence-corrected chi connectivity index (χ1v) is 9.69. The molecule has 0 saturated carbocycles. The van der Waals surface area contributed by atoms with Gasteiger partial charge in [-0.25, -0.2) is 0 Å². The first-order valence-electron chi connectivity index (χ1n) is 9.69. The topological polar surface area (TPSA) is 73.9 Å². The molecule has 0 unspecified atom stereocenters. The van der Waals surface area contributed by atoms with E-state index < -0.39 is 0 Å². The van der Waals surface area contributed by atoms with Crippen molar-refractivity contribution in [2.75, 3.05) is 27.9 Å². The lowest BCUT2D eigenvalue weighted by Crippen LogP contribution is -2.24. The monoisotopic (exact) mass is 379 g/mol. The van der Waals surface area contributed by atoms with Gasteiger partial charge in [-0.15, -0.1) is 0 Å². The highest BCUT2D eigenvalue weighted by Gasteiger charge is 2.10. The Kier molecular flexibility index (Phi) is 11.7. The Bertz CT molecular complexity index is 574. The van der Waals surface area contributed by atoms with Crippen molar-refractivity contribution in [3.63, 3.8) is 0 Å². The predicted molar refractivity (Wildman–Crippen MR) is 105 cm³/mol. The van der Waals surface area contributed by atoms with E-state index in [9.17, 15) is 9.59 Å². The molecule has 0 spiro atoms. The fourth-order valence-corrected chi connectivity index (χ4v) is 2.84. The third kappa shape index (κ3) is 9.31. The van der Waals surface area contributed by atoms with Crippen LogP contribution in [0.4, 0.5) is 0 Å². The zero-order chi connectivity index (χ0) is 19.9. The van der Waals surface area contributed by atoms with Crippen LogP contribution in [0.5, 0.6) is 11.5 Å². The second-order valence-corrected chi connectivity index (χ2v) is 6.48. The number of nitrogens with one attached hydrogen (secondary N) is 1. The van der Waals surface area contributed by atoms with Crippen LogP contribution in [0.3, 0.4) is 0 Å². The molecule has 0 atom stereocenters. The molecule has 1 amide bonds. The molecule has 0 heterocycles. The van der Waals surface area contributed by atoms with Crippen LogP contribution in [-0.4, -0.2) is 39.8 Å². The SMILES string of the molecule is COC(=O)CCCCCCCCCCNC(=O)c1ccc(OC)c(OC)c1. The molecule has 6 heteroatoms. The lowest BCUT2D eigenvalue weighted by Gasteiger charge is -2.10. The fourth-order valence-electron chi connectivity index (χ4n) is 2.84. The molecule has 1 aromatic rings. The molecule has 1 N–H and O–H groups in total. The van der Waals surface area contributed by atoms with Gasteiger partial charge in [-0.1, -0.05) is 38.5 Å². The molecule has 0 aliphatic rings. The first kappa shape index (κ1) is 22.8. The van der Waals surface area contributed by atoms with Crippen LogP contribution in [0.15, 0.2) is 18.2 Å². The van der Waals surface area contributed by atoms with E-state index in [-0.39, 0.29) is 11.9 Å². The number of benzene rings is 1. The second-order valence-electron chi connectivity index (χ2n) is 6.48. The van der Waals surface area contributed by atoms with Gasteiger partial charge in [0.1, 0.15) is 0 Å². The molecule has 0 bridgehead atoms. The fraction of sp³-hybridized carbons (Fsp3) is 0.619. The Hall–Kier alpha value is -2.24. The van der Waals surface area contributed by atoms with Crippen molar-refractivity contribution < 1.29 is 23.8 Å². The molecule has 27 heavy (non-hydrogen) atoms. The number of amides is 1. The van der Waals surface area contributed by atoms with Crippen LogP contribution >= 0.6 is 0 Å². The number of unbranched alkanes of at least 4 members (excludes halogenated alkanes) is 7. The molecule has 0 saturated heterocycles. The number of carbonyl (C=O) groups is 2. The molecule has 1 aromatic carbocycles. The summed E-state index contributed by atoms with van der Waals surface area (Å²) in [7, 11) is 4.55. The summed E-state index contributed by atoms with van der Waals surface area (Å²) in [5.41, 5.74) is 0.569. The smallest absolute Gasteiger partial charge is 0.305 e. The maximum atomic E-state index is 12.2. The van der Waals surface area contributed by atoms with E-state index in [1.165, 1.54) is 26.4 Å². The normalized spacial score (nSPS) is 10.3. The Morgan fingerprint density at radius 3 is 2.00 bits per heavy atom. The van der Waals surface area contributed by atoms with Crippen molar-refractivity contribution in [3.8, 4) is 11.5 Å². The van der Waals surface area contributed by atoms with Crippen molar-refractivity contribution in [3.05, 3.63) is 23.8 Å². The van der Waals surface area contributed by atoms with E-state index >= 15 is 0 Å². The number of hydrogen-bond acceptors (Lipinski definition) is 5. The highest BCUT2D eigenvalue weighted by molar-refractivity contribution is 5.94. The van der Waals surface area contributed by atoms with E-state index in [2.05, 4.69) is 10.1 Å². The van der Waals surface area contributed by atoms with Gasteiger partial charge >= 0.3 is 5.97 Å². The minimum absolute atomic E-state index is 0.0958. The van der Waals surface area contributed by atoms with E-state index in [0.29, 0.717) is 30.0 Å².